The molecule has 0 fully saturated rings. The molecule has 0 radical (unpaired) electrons. The number of aliphatic hydroxyl groups is 1. The summed E-state index contributed by atoms with van der Waals surface area (Å²) in [7, 11) is -9.89. The fraction of sp³-hybridized carbons (Fsp3) is 0.940. The van der Waals surface area contributed by atoms with Gasteiger partial charge in [0.1, 0.15) is 19.3 Å². The van der Waals surface area contributed by atoms with Crippen LogP contribution in [0.2, 0.25) is 0 Å². The number of hydrogen-bond donors (Lipinski definition) is 3. The minimum absolute atomic E-state index is 0.104. The van der Waals surface area contributed by atoms with E-state index in [9.17, 15) is 43.2 Å². The number of aliphatic hydroxyl groups excluding tert-OH is 1. The van der Waals surface area contributed by atoms with Crippen LogP contribution < -0.4 is 0 Å². The zero-order chi connectivity index (χ0) is 63.8. The second-order valence-corrected chi connectivity index (χ2v) is 28.5. The zero-order valence-electron chi connectivity index (χ0n) is 55.8. The first-order valence-corrected chi connectivity index (χ1v) is 37.8. The highest BCUT2D eigenvalue weighted by Gasteiger charge is 2.30. The molecule has 0 amide bonds. The van der Waals surface area contributed by atoms with Crippen LogP contribution in [0.1, 0.15) is 331 Å². The first-order valence-electron chi connectivity index (χ1n) is 34.8. The minimum Gasteiger partial charge on any atom is -0.462 e. The number of phosphoric ester groups is 2. The quantitative estimate of drug-likeness (QED) is 0.0222. The lowest BCUT2D eigenvalue weighted by molar-refractivity contribution is -0.161. The van der Waals surface area contributed by atoms with E-state index in [1.54, 1.807) is 0 Å². The van der Waals surface area contributed by atoms with Gasteiger partial charge in [-0.2, -0.15) is 0 Å². The average Bonchev–Trinajstić information content (AvgIpc) is 3.55. The Bertz CT molecular complexity index is 1700. The molecule has 2 unspecified atom stereocenters. The Morgan fingerprint density at radius 1 is 0.314 bits per heavy atom. The van der Waals surface area contributed by atoms with Crippen LogP contribution in [-0.4, -0.2) is 96.7 Å². The van der Waals surface area contributed by atoms with E-state index in [2.05, 4.69) is 48.5 Å². The highest BCUT2D eigenvalue weighted by Crippen LogP contribution is 2.45. The van der Waals surface area contributed by atoms with E-state index in [-0.39, 0.29) is 25.7 Å². The predicted molar refractivity (Wildman–Crippen MR) is 344 cm³/mol. The smallest absolute Gasteiger partial charge is 0.462 e. The molecule has 0 aromatic carbocycles. The van der Waals surface area contributed by atoms with Crippen LogP contribution in [0.4, 0.5) is 0 Å². The van der Waals surface area contributed by atoms with Crippen molar-refractivity contribution in [3.05, 3.63) is 0 Å². The van der Waals surface area contributed by atoms with E-state index in [0.29, 0.717) is 25.7 Å². The Hall–Kier alpha value is -1.94. The highest BCUT2D eigenvalue weighted by molar-refractivity contribution is 7.47. The van der Waals surface area contributed by atoms with Gasteiger partial charge >= 0.3 is 39.5 Å². The summed E-state index contributed by atoms with van der Waals surface area (Å²) in [5.41, 5.74) is 0. The molecule has 17 nitrogen and oxygen atoms in total. The average molecular weight is 1270 g/mol. The van der Waals surface area contributed by atoms with Gasteiger partial charge in [-0.1, -0.05) is 280 Å². The number of unbranched alkanes of at least 4 members (excludes halogenated alkanes) is 33. The molecule has 0 bridgehead atoms. The van der Waals surface area contributed by atoms with Crippen molar-refractivity contribution >= 4 is 39.5 Å². The summed E-state index contributed by atoms with van der Waals surface area (Å²) in [6.45, 7) is 11.7. The van der Waals surface area contributed by atoms with Crippen LogP contribution in [0.15, 0.2) is 0 Å². The first kappa shape index (κ1) is 84.1. The minimum atomic E-state index is -4.95. The lowest BCUT2D eigenvalue weighted by Crippen LogP contribution is -2.30. The predicted octanol–water partition coefficient (Wildman–Crippen LogP) is 18.7. The lowest BCUT2D eigenvalue weighted by Gasteiger charge is -2.21. The fourth-order valence-corrected chi connectivity index (χ4v) is 11.6. The largest absolute Gasteiger partial charge is 0.472 e. The second kappa shape index (κ2) is 58.2. The van der Waals surface area contributed by atoms with Crippen molar-refractivity contribution < 1.29 is 80.2 Å². The van der Waals surface area contributed by atoms with E-state index in [1.807, 2.05) is 0 Å². The molecule has 0 aromatic rings. The van der Waals surface area contributed by atoms with Crippen molar-refractivity contribution in [1.29, 1.82) is 0 Å². The highest BCUT2D eigenvalue weighted by atomic mass is 31.2. The summed E-state index contributed by atoms with van der Waals surface area (Å²) >= 11 is 0. The number of rotatable bonds is 65. The molecular weight excluding hydrogens is 1140 g/mol. The van der Waals surface area contributed by atoms with Gasteiger partial charge in [-0.25, -0.2) is 9.13 Å². The van der Waals surface area contributed by atoms with Gasteiger partial charge in [-0.05, 0) is 43.4 Å². The Labute approximate surface area is 524 Å². The molecule has 0 saturated heterocycles. The summed E-state index contributed by atoms with van der Waals surface area (Å²) < 4.78 is 68.1. The number of ether oxygens (including phenoxy) is 4. The van der Waals surface area contributed by atoms with Crippen molar-refractivity contribution in [3.63, 3.8) is 0 Å². The molecule has 0 spiro atoms. The topological polar surface area (TPSA) is 237 Å². The van der Waals surface area contributed by atoms with Crippen molar-refractivity contribution in [3.8, 4) is 0 Å². The lowest BCUT2D eigenvalue weighted by atomic mass is 10.0. The van der Waals surface area contributed by atoms with Crippen LogP contribution in [0, 0.1) is 17.8 Å². The molecule has 0 saturated carbocycles. The second-order valence-electron chi connectivity index (χ2n) is 25.6. The number of hydrogen-bond acceptors (Lipinski definition) is 15. The number of phosphoric acid groups is 2. The fourth-order valence-electron chi connectivity index (χ4n) is 10.0. The van der Waals surface area contributed by atoms with E-state index in [1.165, 1.54) is 141 Å². The van der Waals surface area contributed by atoms with Gasteiger partial charge < -0.3 is 33.8 Å². The summed E-state index contributed by atoms with van der Waals surface area (Å²) in [5.74, 6) is 0.0775. The summed E-state index contributed by atoms with van der Waals surface area (Å²) in [6.07, 6.45) is 40.3. The van der Waals surface area contributed by atoms with Crippen LogP contribution >= 0.6 is 15.6 Å². The molecule has 86 heavy (non-hydrogen) atoms. The van der Waals surface area contributed by atoms with E-state index >= 15 is 0 Å². The molecule has 5 atom stereocenters. The van der Waals surface area contributed by atoms with E-state index in [0.717, 1.165) is 108 Å². The van der Waals surface area contributed by atoms with Crippen molar-refractivity contribution in [1.82, 2.24) is 0 Å². The van der Waals surface area contributed by atoms with Gasteiger partial charge in [0.15, 0.2) is 12.2 Å². The van der Waals surface area contributed by atoms with Crippen molar-refractivity contribution in [2.75, 3.05) is 39.6 Å². The Morgan fingerprint density at radius 3 is 0.791 bits per heavy atom. The van der Waals surface area contributed by atoms with Crippen LogP contribution in [-0.2, 0) is 65.4 Å². The molecule has 19 heteroatoms. The molecule has 0 heterocycles. The maximum Gasteiger partial charge on any atom is 0.472 e. The number of esters is 4. The molecule has 0 rings (SSSR count). The summed E-state index contributed by atoms with van der Waals surface area (Å²) in [5, 5.41) is 10.6. The monoisotopic (exact) mass is 1270 g/mol. The molecule has 510 valence electrons. The maximum absolute atomic E-state index is 13.0. The van der Waals surface area contributed by atoms with Crippen LogP contribution in [0.3, 0.4) is 0 Å². The van der Waals surface area contributed by atoms with Gasteiger partial charge in [0.05, 0.1) is 26.4 Å². The molecular formula is C67H130O17P2. The SMILES string of the molecule is CCCCCCCCCCCCC(=O)OC[C@H](COP(=O)(O)OC[C@H](O)COP(=O)(O)OC[C@@H](COC(=O)CCCCCCCCCCC(C)C)OC(=O)CCCCCCCCCCCCCC(C)C)OC(=O)CCCCCCCCCCC(C)C. The van der Waals surface area contributed by atoms with Crippen LogP contribution in [0.5, 0.6) is 0 Å². The van der Waals surface area contributed by atoms with Gasteiger partial charge in [-0.15, -0.1) is 0 Å². The Kier molecular flexibility index (Phi) is 56.9. The molecule has 0 aliphatic carbocycles. The van der Waals surface area contributed by atoms with Gasteiger partial charge in [0, 0.05) is 25.7 Å². The van der Waals surface area contributed by atoms with Gasteiger partial charge in [-0.3, -0.25) is 37.3 Å². The number of carbonyl (C=O) groups excluding carboxylic acids is 4. The molecule has 0 aromatic heterocycles. The van der Waals surface area contributed by atoms with Gasteiger partial charge in [0.25, 0.3) is 0 Å². The van der Waals surface area contributed by atoms with E-state index < -0.39 is 97.5 Å². The first-order chi connectivity index (χ1) is 41.2. The third-order valence-corrected chi connectivity index (χ3v) is 17.3. The van der Waals surface area contributed by atoms with Crippen molar-refractivity contribution in [2.24, 2.45) is 17.8 Å². The molecule has 3 N–H and O–H groups in total. The summed E-state index contributed by atoms with van der Waals surface area (Å²) in [4.78, 5) is 72.4. The van der Waals surface area contributed by atoms with Gasteiger partial charge in [0.2, 0.25) is 0 Å². The third-order valence-electron chi connectivity index (χ3n) is 15.4. The maximum atomic E-state index is 13.0. The Balaban J connectivity index is 5.25. The van der Waals surface area contributed by atoms with Crippen molar-refractivity contribution in [2.45, 2.75) is 349 Å². The molecule has 0 aliphatic heterocycles. The van der Waals surface area contributed by atoms with Crippen LogP contribution in [0.25, 0.3) is 0 Å². The Morgan fingerprint density at radius 2 is 0.535 bits per heavy atom. The zero-order valence-corrected chi connectivity index (χ0v) is 57.6. The third kappa shape index (κ3) is 60.9. The van der Waals surface area contributed by atoms with E-state index in [4.69, 9.17) is 37.0 Å². The molecule has 0 aliphatic rings. The number of carbonyl (C=O) groups is 4. The summed E-state index contributed by atoms with van der Waals surface area (Å²) in [6, 6.07) is 0. The normalized spacial score (nSPS) is 14.3. The standard InChI is InChI=1S/C67H130O17P2/c1-8-9-10-11-12-13-18-27-34-41-48-64(69)77-54-63(84-67(72)51-44-37-30-23-21-26-33-40-47-60(6)7)57-82-86(75,76)80-53-61(68)52-79-85(73,74)81-56-62(55-78-65(70)49-42-35-28-22-20-25-32-39-46-59(4)5)83-66(71)50-43-36-29-19-16-14-15-17-24-31-38-45-58(2)3/h58-63,68H,8-57H2,1-7H3,(H,73,74)(H,75,76)/t61-,62-,63-/m1/s1.